The lowest BCUT2D eigenvalue weighted by Gasteiger charge is -2.21. The van der Waals surface area contributed by atoms with E-state index in [1.807, 2.05) is 0 Å². The van der Waals surface area contributed by atoms with Crippen LogP contribution >= 0.6 is 0 Å². The molecule has 0 spiro atoms. The van der Waals surface area contributed by atoms with Crippen molar-refractivity contribution in [2.75, 3.05) is 11.9 Å². The van der Waals surface area contributed by atoms with Gasteiger partial charge in [0.25, 0.3) is 17.9 Å². The van der Waals surface area contributed by atoms with Crippen LogP contribution in [0.25, 0.3) is 11.3 Å². The summed E-state index contributed by atoms with van der Waals surface area (Å²) in [6.07, 6.45) is 3.91. The lowest BCUT2D eigenvalue weighted by molar-refractivity contribution is -0.136. The van der Waals surface area contributed by atoms with E-state index in [0.717, 1.165) is 0 Å². The lowest BCUT2D eigenvalue weighted by atomic mass is 10.1. The van der Waals surface area contributed by atoms with Gasteiger partial charge in [-0.3, -0.25) is 28.5 Å². The number of hydrogen-bond donors (Lipinski definition) is 2. The van der Waals surface area contributed by atoms with E-state index in [4.69, 9.17) is 4.74 Å². The average Bonchev–Trinajstić information content (AvgIpc) is 3.50. The zero-order chi connectivity index (χ0) is 24.2. The summed E-state index contributed by atoms with van der Waals surface area (Å²) in [5.74, 6) is -1.17. The summed E-state index contributed by atoms with van der Waals surface area (Å²) in [7, 11) is 0. The summed E-state index contributed by atoms with van der Waals surface area (Å²) in [6.45, 7) is 1.83. The van der Waals surface area contributed by atoms with Crippen molar-refractivity contribution in [3.05, 3.63) is 71.0 Å². The van der Waals surface area contributed by atoms with Gasteiger partial charge in [-0.25, -0.2) is 4.98 Å². The highest BCUT2D eigenvalue weighted by molar-refractivity contribution is 5.98. The number of anilines is 1. The third-order valence-corrected chi connectivity index (χ3v) is 5.56. The molecule has 0 bridgehead atoms. The molecule has 2 N–H and O–H groups in total. The number of H-pyrrole nitrogens is 1. The maximum atomic E-state index is 12.7. The van der Waals surface area contributed by atoms with E-state index in [2.05, 4.69) is 15.3 Å². The fraction of sp³-hybridized carbons (Fsp3) is 0.217. The molecular weight excluding hydrogens is 442 g/mol. The smallest absolute Gasteiger partial charge is 0.293 e. The van der Waals surface area contributed by atoms with Gasteiger partial charge in [-0.05, 0) is 29.8 Å². The summed E-state index contributed by atoms with van der Waals surface area (Å²) in [6, 6.07) is 9.03. The molecule has 2 amide bonds. The van der Waals surface area contributed by atoms with Crippen molar-refractivity contribution >= 4 is 29.9 Å². The monoisotopic (exact) mass is 463 g/mol. The Morgan fingerprint density at radius 3 is 2.56 bits per heavy atom. The molecule has 3 heterocycles. The number of carbonyl (C=O) groups is 4. The van der Waals surface area contributed by atoms with E-state index in [1.165, 1.54) is 41.2 Å². The molecule has 0 radical (unpaired) electrons. The van der Waals surface area contributed by atoms with E-state index >= 15 is 0 Å². The number of nitrogens with one attached hydrogen (secondary N) is 2. The Balaban J connectivity index is 1.46. The first-order valence-corrected chi connectivity index (χ1v) is 10.4. The van der Waals surface area contributed by atoms with Crippen molar-refractivity contribution in [3.63, 3.8) is 0 Å². The van der Waals surface area contributed by atoms with Crippen LogP contribution in [0.3, 0.4) is 0 Å². The van der Waals surface area contributed by atoms with Gasteiger partial charge in [0.1, 0.15) is 24.0 Å². The first kappa shape index (κ1) is 22.6. The Morgan fingerprint density at radius 1 is 1.18 bits per heavy atom. The molecule has 34 heavy (non-hydrogen) atoms. The zero-order valence-electron chi connectivity index (χ0n) is 18.1. The fourth-order valence-electron chi connectivity index (χ4n) is 3.86. The number of imidazole rings is 1. The lowest BCUT2D eigenvalue weighted by Crippen LogP contribution is -2.42. The van der Waals surface area contributed by atoms with Gasteiger partial charge in [0.05, 0.1) is 6.54 Å². The molecular formula is C23H21N5O6. The van der Waals surface area contributed by atoms with Crippen molar-refractivity contribution in [1.82, 2.24) is 19.4 Å². The number of rotatable bonds is 6. The molecule has 1 aliphatic rings. The summed E-state index contributed by atoms with van der Waals surface area (Å²) in [5.41, 5.74) is 1.10. The number of pyridine rings is 1. The Kier molecular flexibility index (Phi) is 6.35. The van der Waals surface area contributed by atoms with E-state index < -0.39 is 29.5 Å². The quantitative estimate of drug-likeness (QED) is 0.520. The number of aromatic amines is 1. The number of amides is 2. The minimum absolute atomic E-state index is 0.0194. The topological polar surface area (TPSA) is 143 Å². The average molecular weight is 463 g/mol. The van der Waals surface area contributed by atoms with E-state index in [-0.39, 0.29) is 24.4 Å². The molecule has 11 nitrogen and oxygen atoms in total. The van der Waals surface area contributed by atoms with Crippen molar-refractivity contribution in [3.8, 4) is 11.3 Å². The van der Waals surface area contributed by atoms with Gasteiger partial charge in [0, 0.05) is 37.1 Å². The second-order valence-electron chi connectivity index (χ2n) is 7.73. The van der Waals surface area contributed by atoms with Crippen LogP contribution in [-0.2, 0) is 19.1 Å². The minimum atomic E-state index is -0.751. The Bertz CT molecular complexity index is 1280. The van der Waals surface area contributed by atoms with Gasteiger partial charge < -0.3 is 19.9 Å². The standard InChI is InChI=1S/C23H21N5O6/c1-14(30)28-11-17(34-13-29)10-20(28)22(32)25-16-4-2-15(3-5-16)19-7-6-18(21(31)26-19)23(33)27-9-8-24-12-27/h2-9,12-13,17,20H,10-11H2,1H3,(H,25,32)(H,26,31)/t17?,20-/m0/s1. The number of benzene rings is 1. The van der Waals surface area contributed by atoms with Crippen molar-refractivity contribution in [2.24, 2.45) is 0 Å². The summed E-state index contributed by atoms with van der Waals surface area (Å²) < 4.78 is 6.14. The molecule has 174 valence electrons. The molecule has 1 unspecified atom stereocenters. The molecule has 1 saturated heterocycles. The van der Waals surface area contributed by atoms with Gasteiger partial charge in [-0.2, -0.15) is 0 Å². The predicted octanol–water partition coefficient (Wildman–Crippen LogP) is 1.03. The molecule has 11 heteroatoms. The number of ether oxygens (including phenoxy) is 1. The molecule has 1 aromatic carbocycles. The fourth-order valence-corrected chi connectivity index (χ4v) is 3.86. The van der Waals surface area contributed by atoms with Gasteiger partial charge >= 0.3 is 0 Å². The first-order chi connectivity index (χ1) is 16.4. The van der Waals surface area contributed by atoms with E-state index in [0.29, 0.717) is 23.4 Å². The third kappa shape index (κ3) is 4.63. The van der Waals surface area contributed by atoms with Gasteiger partial charge in [-0.1, -0.05) is 12.1 Å². The van der Waals surface area contributed by atoms with Gasteiger partial charge in [-0.15, -0.1) is 0 Å². The normalized spacial score (nSPS) is 17.3. The SMILES string of the molecule is CC(=O)N1CC(OC=O)C[C@H]1C(=O)Nc1ccc(-c2ccc(C(=O)n3ccnc3)c(=O)[nH]2)cc1. The van der Waals surface area contributed by atoms with Crippen LogP contribution in [0.5, 0.6) is 0 Å². The molecule has 2 aromatic heterocycles. The summed E-state index contributed by atoms with van der Waals surface area (Å²) >= 11 is 0. The molecule has 0 aliphatic carbocycles. The number of likely N-dealkylation sites (tertiary alicyclic amines) is 1. The van der Waals surface area contributed by atoms with Crippen LogP contribution in [0.2, 0.25) is 0 Å². The Morgan fingerprint density at radius 2 is 1.94 bits per heavy atom. The number of nitrogens with zero attached hydrogens (tertiary/aromatic N) is 3. The van der Waals surface area contributed by atoms with Crippen LogP contribution in [0.15, 0.2) is 59.9 Å². The maximum absolute atomic E-state index is 12.7. The first-order valence-electron chi connectivity index (χ1n) is 10.4. The van der Waals surface area contributed by atoms with Gasteiger partial charge in [0.15, 0.2) is 0 Å². The maximum Gasteiger partial charge on any atom is 0.293 e. The van der Waals surface area contributed by atoms with Gasteiger partial charge in [0.2, 0.25) is 11.8 Å². The second kappa shape index (κ2) is 9.53. The minimum Gasteiger partial charge on any atom is -0.463 e. The molecule has 3 aromatic rings. The van der Waals surface area contributed by atoms with Crippen LogP contribution in [0.1, 0.15) is 23.7 Å². The van der Waals surface area contributed by atoms with Crippen molar-refractivity contribution < 1.29 is 23.9 Å². The number of carbonyl (C=O) groups excluding carboxylic acids is 4. The Labute approximate surface area is 193 Å². The van der Waals surface area contributed by atoms with Crippen LogP contribution in [-0.4, -0.2) is 62.3 Å². The summed E-state index contributed by atoms with van der Waals surface area (Å²) in [4.78, 5) is 67.9. The molecule has 4 rings (SSSR count). The van der Waals surface area contributed by atoms with E-state index in [1.54, 1.807) is 30.3 Å². The zero-order valence-corrected chi connectivity index (χ0v) is 18.1. The van der Waals surface area contributed by atoms with Crippen LogP contribution in [0.4, 0.5) is 5.69 Å². The highest BCUT2D eigenvalue weighted by Gasteiger charge is 2.39. The highest BCUT2D eigenvalue weighted by atomic mass is 16.5. The third-order valence-electron chi connectivity index (χ3n) is 5.56. The summed E-state index contributed by atoms with van der Waals surface area (Å²) in [5, 5.41) is 2.76. The second-order valence-corrected chi connectivity index (χ2v) is 7.73. The molecule has 0 saturated carbocycles. The largest absolute Gasteiger partial charge is 0.463 e. The number of hydrogen-bond acceptors (Lipinski definition) is 7. The molecule has 1 fully saturated rings. The number of aromatic nitrogens is 3. The predicted molar refractivity (Wildman–Crippen MR) is 120 cm³/mol. The van der Waals surface area contributed by atoms with Crippen molar-refractivity contribution in [1.29, 1.82) is 0 Å². The van der Waals surface area contributed by atoms with Crippen molar-refractivity contribution in [2.45, 2.75) is 25.5 Å². The van der Waals surface area contributed by atoms with E-state index in [9.17, 15) is 24.0 Å². The van der Waals surface area contributed by atoms with Crippen LogP contribution < -0.4 is 10.9 Å². The molecule has 1 aliphatic heterocycles. The Hall–Kier alpha value is -4.54. The van der Waals surface area contributed by atoms with Crippen LogP contribution in [0, 0.1) is 0 Å². The molecule has 2 atom stereocenters. The highest BCUT2D eigenvalue weighted by Crippen LogP contribution is 2.23.